The summed E-state index contributed by atoms with van der Waals surface area (Å²) in [6.45, 7) is 12.1. The third kappa shape index (κ3) is 5.55. The van der Waals surface area contributed by atoms with Crippen molar-refractivity contribution in [2.24, 2.45) is 0 Å². The Bertz CT molecular complexity index is 607. The highest BCUT2D eigenvalue weighted by Crippen LogP contribution is 2.23. The predicted octanol–water partition coefficient (Wildman–Crippen LogP) is 5.64. The molecule has 3 heteroatoms. The first-order valence-corrected chi connectivity index (χ1v) is 7.38. The third-order valence-electron chi connectivity index (χ3n) is 3.27. The topological polar surface area (TPSA) is 12.9 Å². The second kappa shape index (κ2) is 6.99. The van der Waals surface area contributed by atoms with Crippen LogP contribution in [0.3, 0.4) is 0 Å². The first kappa shape index (κ1) is 18.3. The highest BCUT2D eigenvalue weighted by atomic mass is 19.1. The zero-order chi connectivity index (χ0) is 17.0. The van der Waals surface area contributed by atoms with E-state index in [1.165, 1.54) is 12.3 Å². The van der Waals surface area contributed by atoms with Crippen molar-refractivity contribution in [1.82, 2.24) is 4.98 Å². The highest BCUT2D eigenvalue weighted by molar-refractivity contribution is 5.23. The second-order valence-electron chi connectivity index (χ2n) is 7.37. The Morgan fingerprint density at radius 3 is 1.86 bits per heavy atom. The van der Waals surface area contributed by atoms with Crippen molar-refractivity contribution in [3.63, 3.8) is 0 Å². The maximum atomic E-state index is 13.0. The zero-order valence-corrected chi connectivity index (χ0v) is 14.2. The molecule has 0 N–H and O–H groups in total. The fourth-order valence-corrected chi connectivity index (χ4v) is 1.94. The van der Waals surface area contributed by atoms with E-state index >= 15 is 0 Å². The van der Waals surface area contributed by atoms with Gasteiger partial charge in [-0.25, -0.2) is 8.78 Å². The quantitative estimate of drug-likeness (QED) is 0.613. The summed E-state index contributed by atoms with van der Waals surface area (Å²) in [6.07, 6.45) is 2.87. The first-order chi connectivity index (χ1) is 10.0. The van der Waals surface area contributed by atoms with Crippen LogP contribution in [0.25, 0.3) is 0 Å². The van der Waals surface area contributed by atoms with Crippen molar-refractivity contribution in [3.8, 4) is 0 Å². The van der Waals surface area contributed by atoms with Gasteiger partial charge in [0, 0.05) is 6.20 Å². The average molecular weight is 305 g/mol. The van der Waals surface area contributed by atoms with Crippen LogP contribution in [0.15, 0.2) is 42.7 Å². The van der Waals surface area contributed by atoms with Crippen LogP contribution in [0.5, 0.6) is 0 Å². The number of benzene rings is 1. The number of hydrogen-bond acceptors (Lipinski definition) is 1. The molecule has 2 rings (SSSR count). The maximum Gasteiger partial charge on any atom is 0.145 e. The summed E-state index contributed by atoms with van der Waals surface area (Å²) in [4.78, 5) is 3.68. The van der Waals surface area contributed by atoms with Crippen LogP contribution in [0.4, 0.5) is 8.78 Å². The van der Waals surface area contributed by atoms with E-state index in [1.54, 1.807) is 24.4 Å². The van der Waals surface area contributed by atoms with Gasteiger partial charge in [0.25, 0.3) is 0 Å². The fraction of sp³-hybridized carbons (Fsp3) is 0.421. The smallest absolute Gasteiger partial charge is 0.145 e. The second-order valence-corrected chi connectivity index (χ2v) is 7.37. The van der Waals surface area contributed by atoms with E-state index in [4.69, 9.17) is 0 Å². The molecule has 0 saturated carbocycles. The maximum absolute atomic E-state index is 13.0. The first-order valence-electron chi connectivity index (χ1n) is 7.38. The lowest BCUT2D eigenvalue weighted by Crippen LogP contribution is -2.13. The number of pyridine rings is 1. The van der Waals surface area contributed by atoms with Crippen molar-refractivity contribution in [1.29, 1.82) is 0 Å². The molecular weight excluding hydrogens is 280 g/mol. The zero-order valence-electron chi connectivity index (χ0n) is 14.2. The monoisotopic (exact) mass is 305 g/mol. The van der Waals surface area contributed by atoms with Crippen molar-refractivity contribution in [2.45, 2.75) is 52.4 Å². The molecule has 0 aliphatic heterocycles. The van der Waals surface area contributed by atoms with Gasteiger partial charge in [-0.1, -0.05) is 53.7 Å². The lowest BCUT2D eigenvalue weighted by Gasteiger charge is -2.18. The number of nitrogens with zero attached hydrogens (tertiary/aromatic N) is 1. The van der Waals surface area contributed by atoms with Gasteiger partial charge < -0.3 is 0 Å². The fourth-order valence-electron chi connectivity index (χ4n) is 1.94. The van der Waals surface area contributed by atoms with Gasteiger partial charge in [0.15, 0.2) is 0 Å². The average Bonchev–Trinajstić information content (AvgIpc) is 2.37. The standard InChI is InChI=1S/C10H13F.C9H12FN/c1-10(2,3)8-5-4-6-9(11)7-8;1-9(2,3)7-4-5-11-6-8(7)10/h4-7H,1-3H3;4-6H,1-3H3. The number of hydrogen-bond donors (Lipinski definition) is 0. The Labute approximate surface area is 132 Å². The van der Waals surface area contributed by atoms with Gasteiger partial charge in [0.2, 0.25) is 0 Å². The molecule has 0 fully saturated rings. The molecule has 0 aliphatic carbocycles. The van der Waals surface area contributed by atoms with E-state index in [0.717, 1.165) is 5.56 Å². The number of aromatic nitrogens is 1. The van der Waals surface area contributed by atoms with E-state index in [9.17, 15) is 8.78 Å². The normalized spacial score (nSPS) is 11.6. The van der Waals surface area contributed by atoms with Gasteiger partial charge >= 0.3 is 0 Å². The molecule has 0 radical (unpaired) electrons. The molecule has 1 heterocycles. The van der Waals surface area contributed by atoms with E-state index in [0.29, 0.717) is 5.56 Å². The van der Waals surface area contributed by atoms with E-state index in [2.05, 4.69) is 25.8 Å². The van der Waals surface area contributed by atoms with Crippen LogP contribution in [0.1, 0.15) is 52.7 Å². The van der Waals surface area contributed by atoms with Gasteiger partial charge in [-0.2, -0.15) is 0 Å². The Morgan fingerprint density at radius 1 is 0.864 bits per heavy atom. The molecule has 0 unspecified atom stereocenters. The van der Waals surface area contributed by atoms with Crippen molar-refractivity contribution < 1.29 is 8.78 Å². The Kier molecular flexibility index (Phi) is 5.81. The molecular formula is C19H25F2N. The Morgan fingerprint density at radius 2 is 1.50 bits per heavy atom. The molecule has 1 aromatic carbocycles. The summed E-state index contributed by atoms with van der Waals surface area (Å²) >= 11 is 0. The molecule has 2 aromatic rings. The molecule has 0 aliphatic rings. The summed E-state index contributed by atoms with van der Waals surface area (Å²) in [5.41, 5.74) is 1.67. The lowest BCUT2D eigenvalue weighted by molar-refractivity contribution is 0.519. The molecule has 1 aromatic heterocycles. The summed E-state index contributed by atoms with van der Waals surface area (Å²) in [7, 11) is 0. The molecule has 120 valence electrons. The minimum atomic E-state index is -0.222. The Hall–Kier alpha value is -1.77. The summed E-state index contributed by atoms with van der Waals surface area (Å²) in [5.74, 6) is -0.377. The Balaban J connectivity index is 0.000000220. The highest BCUT2D eigenvalue weighted by Gasteiger charge is 2.17. The summed E-state index contributed by atoms with van der Waals surface area (Å²) in [6, 6.07) is 8.46. The van der Waals surface area contributed by atoms with E-state index < -0.39 is 0 Å². The number of rotatable bonds is 0. The van der Waals surface area contributed by atoms with Crippen molar-refractivity contribution in [2.75, 3.05) is 0 Å². The SMILES string of the molecule is CC(C)(C)c1cccc(F)c1.CC(C)(C)c1ccncc1F. The number of halogens is 2. The van der Waals surface area contributed by atoms with Crippen LogP contribution in [-0.4, -0.2) is 4.98 Å². The van der Waals surface area contributed by atoms with Gasteiger partial charge in [-0.05, 0) is 40.2 Å². The van der Waals surface area contributed by atoms with Gasteiger partial charge in [0.05, 0.1) is 6.20 Å². The molecule has 0 saturated heterocycles. The summed E-state index contributed by atoms with van der Waals surface area (Å²) < 4.78 is 25.7. The molecule has 22 heavy (non-hydrogen) atoms. The minimum absolute atomic E-state index is 0.0437. The minimum Gasteiger partial charge on any atom is -0.262 e. The molecule has 0 bridgehead atoms. The van der Waals surface area contributed by atoms with Gasteiger partial charge in [-0.3, -0.25) is 4.98 Å². The van der Waals surface area contributed by atoms with Crippen molar-refractivity contribution in [3.05, 3.63) is 65.5 Å². The van der Waals surface area contributed by atoms with Crippen LogP contribution in [0.2, 0.25) is 0 Å². The van der Waals surface area contributed by atoms with Crippen molar-refractivity contribution >= 4 is 0 Å². The van der Waals surface area contributed by atoms with E-state index in [1.807, 2.05) is 26.8 Å². The molecule has 0 spiro atoms. The van der Waals surface area contributed by atoms with Gasteiger partial charge in [0.1, 0.15) is 11.6 Å². The van der Waals surface area contributed by atoms with Crippen LogP contribution in [-0.2, 0) is 10.8 Å². The van der Waals surface area contributed by atoms with Crippen LogP contribution >= 0.6 is 0 Å². The molecule has 0 atom stereocenters. The third-order valence-corrected chi connectivity index (χ3v) is 3.27. The van der Waals surface area contributed by atoms with Gasteiger partial charge in [-0.15, -0.1) is 0 Å². The molecule has 1 nitrogen and oxygen atoms in total. The van der Waals surface area contributed by atoms with Crippen LogP contribution < -0.4 is 0 Å². The summed E-state index contributed by atoms with van der Waals surface area (Å²) in [5, 5.41) is 0. The van der Waals surface area contributed by atoms with E-state index in [-0.39, 0.29) is 22.5 Å². The lowest BCUT2D eigenvalue weighted by atomic mass is 9.87. The largest absolute Gasteiger partial charge is 0.262 e. The van der Waals surface area contributed by atoms with Crippen LogP contribution in [0, 0.1) is 11.6 Å². The molecule has 0 amide bonds. The predicted molar refractivity (Wildman–Crippen MR) is 88.0 cm³/mol.